The normalized spacial score (nSPS) is 19.4. The van der Waals surface area contributed by atoms with Crippen LogP contribution in [0.5, 0.6) is 5.75 Å². The van der Waals surface area contributed by atoms with Crippen LogP contribution in [0.15, 0.2) is 18.2 Å². The Morgan fingerprint density at radius 1 is 1.33 bits per heavy atom. The molecule has 0 atom stereocenters. The zero-order valence-corrected chi connectivity index (χ0v) is 11.0. The summed E-state index contributed by atoms with van der Waals surface area (Å²) in [6.07, 6.45) is 1.03. The summed E-state index contributed by atoms with van der Waals surface area (Å²) in [5.74, 6) is 0.540. The molecule has 1 heterocycles. The second-order valence-electron chi connectivity index (χ2n) is 4.42. The maximum Gasteiger partial charge on any atom is 0.150 e. The summed E-state index contributed by atoms with van der Waals surface area (Å²) in [5.41, 5.74) is 0.360. The fourth-order valence-corrected chi connectivity index (χ4v) is 3.49. The van der Waals surface area contributed by atoms with E-state index in [0.717, 1.165) is 0 Å². The van der Waals surface area contributed by atoms with Gasteiger partial charge in [0.15, 0.2) is 0 Å². The van der Waals surface area contributed by atoms with Crippen LogP contribution in [0, 0.1) is 5.82 Å². The van der Waals surface area contributed by atoms with Crippen molar-refractivity contribution in [1.29, 1.82) is 0 Å². The molecule has 0 spiro atoms. The molecule has 100 valence electrons. The van der Waals surface area contributed by atoms with Crippen molar-refractivity contribution < 1.29 is 17.5 Å². The van der Waals surface area contributed by atoms with Gasteiger partial charge in [-0.05, 0) is 25.0 Å². The molecule has 2 rings (SSSR count). The van der Waals surface area contributed by atoms with Crippen molar-refractivity contribution in [1.82, 2.24) is 0 Å². The first-order valence-electron chi connectivity index (χ1n) is 5.81. The van der Waals surface area contributed by atoms with E-state index in [1.54, 1.807) is 12.1 Å². The van der Waals surface area contributed by atoms with Crippen LogP contribution in [-0.4, -0.2) is 33.1 Å². The van der Waals surface area contributed by atoms with E-state index < -0.39 is 9.84 Å². The minimum Gasteiger partial charge on any atom is -0.497 e. The van der Waals surface area contributed by atoms with Gasteiger partial charge in [0.1, 0.15) is 21.4 Å². The molecule has 6 heteroatoms. The molecule has 18 heavy (non-hydrogen) atoms. The topological polar surface area (TPSA) is 55.4 Å². The quantitative estimate of drug-likeness (QED) is 0.912. The SMILES string of the molecule is COc1ccc(F)c(NC2CCS(=O)(=O)CC2)c1. The highest BCUT2D eigenvalue weighted by Crippen LogP contribution is 2.24. The highest BCUT2D eigenvalue weighted by molar-refractivity contribution is 7.91. The van der Waals surface area contributed by atoms with Gasteiger partial charge in [-0.3, -0.25) is 0 Å². The molecule has 1 saturated heterocycles. The van der Waals surface area contributed by atoms with Gasteiger partial charge in [0.2, 0.25) is 0 Å². The fraction of sp³-hybridized carbons (Fsp3) is 0.500. The Kier molecular flexibility index (Phi) is 3.75. The molecule has 0 bridgehead atoms. The lowest BCUT2D eigenvalue weighted by Crippen LogP contribution is -2.32. The zero-order valence-electron chi connectivity index (χ0n) is 10.1. The second kappa shape index (κ2) is 5.14. The van der Waals surface area contributed by atoms with Crippen LogP contribution < -0.4 is 10.1 Å². The first kappa shape index (κ1) is 13.1. The molecule has 0 unspecified atom stereocenters. The summed E-state index contributed by atoms with van der Waals surface area (Å²) in [6.45, 7) is 0. The molecular weight excluding hydrogens is 257 g/mol. The van der Waals surface area contributed by atoms with Crippen LogP contribution in [0.4, 0.5) is 10.1 Å². The van der Waals surface area contributed by atoms with Gasteiger partial charge >= 0.3 is 0 Å². The summed E-state index contributed by atoms with van der Waals surface area (Å²) in [4.78, 5) is 0. The predicted molar refractivity (Wildman–Crippen MR) is 68.3 cm³/mol. The molecule has 1 aromatic rings. The number of halogens is 1. The highest BCUT2D eigenvalue weighted by atomic mass is 32.2. The van der Waals surface area contributed by atoms with E-state index in [1.807, 2.05) is 0 Å². The number of benzene rings is 1. The van der Waals surface area contributed by atoms with Crippen molar-refractivity contribution in [3.8, 4) is 5.75 Å². The van der Waals surface area contributed by atoms with E-state index in [1.165, 1.54) is 13.2 Å². The van der Waals surface area contributed by atoms with Crippen LogP contribution in [0.2, 0.25) is 0 Å². The molecule has 1 N–H and O–H groups in total. The largest absolute Gasteiger partial charge is 0.497 e. The summed E-state index contributed by atoms with van der Waals surface area (Å²) < 4.78 is 41.2. The van der Waals surface area contributed by atoms with E-state index in [2.05, 4.69) is 5.32 Å². The number of ether oxygens (including phenoxy) is 1. The van der Waals surface area contributed by atoms with Gasteiger partial charge in [-0.25, -0.2) is 12.8 Å². The average Bonchev–Trinajstić information content (AvgIpc) is 2.34. The molecule has 4 nitrogen and oxygen atoms in total. The molecule has 0 radical (unpaired) electrons. The molecule has 1 fully saturated rings. The molecule has 0 amide bonds. The number of hydrogen-bond acceptors (Lipinski definition) is 4. The van der Waals surface area contributed by atoms with E-state index >= 15 is 0 Å². The lowest BCUT2D eigenvalue weighted by Gasteiger charge is -2.24. The predicted octanol–water partition coefficient (Wildman–Crippen LogP) is 1.82. The molecule has 0 aliphatic carbocycles. The van der Waals surface area contributed by atoms with Gasteiger partial charge in [0, 0.05) is 12.1 Å². The Morgan fingerprint density at radius 2 is 2.00 bits per heavy atom. The van der Waals surface area contributed by atoms with Crippen LogP contribution in [0.3, 0.4) is 0 Å². The highest BCUT2D eigenvalue weighted by Gasteiger charge is 2.24. The molecule has 1 aliphatic rings. The molecular formula is C12H16FNO3S. The van der Waals surface area contributed by atoms with Crippen molar-refractivity contribution in [3.63, 3.8) is 0 Å². The average molecular weight is 273 g/mol. The van der Waals surface area contributed by atoms with Gasteiger partial charge in [0.25, 0.3) is 0 Å². The second-order valence-corrected chi connectivity index (χ2v) is 6.72. The van der Waals surface area contributed by atoms with Crippen LogP contribution >= 0.6 is 0 Å². The van der Waals surface area contributed by atoms with Gasteiger partial charge in [-0.2, -0.15) is 0 Å². The summed E-state index contributed by atoms with van der Waals surface area (Å²) >= 11 is 0. The number of rotatable bonds is 3. The van der Waals surface area contributed by atoms with Gasteiger partial charge in [-0.15, -0.1) is 0 Å². The summed E-state index contributed by atoms with van der Waals surface area (Å²) in [5, 5.41) is 3.04. The van der Waals surface area contributed by atoms with Crippen molar-refractivity contribution >= 4 is 15.5 Å². The van der Waals surface area contributed by atoms with Crippen molar-refractivity contribution in [2.75, 3.05) is 23.9 Å². The van der Waals surface area contributed by atoms with Gasteiger partial charge < -0.3 is 10.1 Å². The van der Waals surface area contributed by atoms with Crippen molar-refractivity contribution in [3.05, 3.63) is 24.0 Å². The summed E-state index contributed by atoms with van der Waals surface area (Å²) in [6, 6.07) is 4.46. The van der Waals surface area contributed by atoms with E-state index in [0.29, 0.717) is 24.3 Å². The van der Waals surface area contributed by atoms with Gasteiger partial charge in [0.05, 0.1) is 24.3 Å². The third-order valence-electron chi connectivity index (χ3n) is 3.09. The third-order valence-corrected chi connectivity index (χ3v) is 4.80. The number of methoxy groups -OCH3 is 1. The Balaban J connectivity index is 2.06. The first-order valence-corrected chi connectivity index (χ1v) is 7.63. The Labute approximate surface area is 106 Å². The minimum absolute atomic E-state index is 0.00451. The van der Waals surface area contributed by atoms with Crippen molar-refractivity contribution in [2.45, 2.75) is 18.9 Å². The smallest absolute Gasteiger partial charge is 0.150 e. The lowest BCUT2D eigenvalue weighted by atomic mass is 10.1. The van der Waals surface area contributed by atoms with Gasteiger partial charge in [-0.1, -0.05) is 0 Å². The van der Waals surface area contributed by atoms with E-state index in [4.69, 9.17) is 4.74 Å². The molecule has 0 aromatic heterocycles. The molecule has 0 saturated carbocycles. The third kappa shape index (κ3) is 3.13. The number of nitrogens with one attached hydrogen (secondary N) is 1. The number of sulfone groups is 1. The maximum atomic E-state index is 13.6. The summed E-state index contributed by atoms with van der Waals surface area (Å²) in [7, 11) is -1.37. The number of hydrogen-bond donors (Lipinski definition) is 1. The Hall–Kier alpha value is -1.30. The zero-order chi connectivity index (χ0) is 13.2. The lowest BCUT2D eigenvalue weighted by molar-refractivity contribution is 0.414. The fourth-order valence-electron chi connectivity index (χ4n) is 2.00. The standard InChI is InChI=1S/C12H16FNO3S/c1-17-10-2-3-11(13)12(8-10)14-9-4-6-18(15,16)7-5-9/h2-3,8-9,14H,4-7H2,1H3. The van der Waals surface area contributed by atoms with E-state index in [-0.39, 0.29) is 23.4 Å². The molecule has 1 aliphatic heterocycles. The van der Waals surface area contributed by atoms with Crippen LogP contribution in [-0.2, 0) is 9.84 Å². The van der Waals surface area contributed by atoms with E-state index in [9.17, 15) is 12.8 Å². The first-order chi connectivity index (χ1) is 8.50. The minimum atomic E-state index is -2.89. The Morgan fingerprint density at radius 3 is 2.61 bits per heavy atom. The van der Waals surface area contributed by atoms with Crippen LogP contribution in [0.1, 0.15) is 12.8 Å². The van der Waals surface area contributed by atoms with Crippen molar-refractivity contribution in [2.24, 2.45) is 0 Å². The monoisotopic (exact) mass is 273 g/mol. The number of anilines is 1. The molecule has 1 aromatic carbocycles. The Bertz CT molecular complexity index is 516. The van der Waals surface area contributed by atoms with Crippen LogP contribution in [0.25, 0.3) is 0 Å². The maximum absolute atomic E-state index is 13.6.